The Kier molecular flexibility index (Phi) is 6.68. The number of primary sulfonamides is 1. The van der Waals surface area contributed by atoms with Crippen LogP contribution < -0.4 is 15.4 Å². The van der Waals surface area contributed by atoms with Crippen LogP contribution >= 0.6 is 11.8 Å². The first-order chi connectivity index (χ1) is 15.8. The quantitative estimate of drug-likeness (QED) is 0.494. The number of esters is 1. The van der Waals surface area contributed by atoms with Gasteiger partial charge in [-0.25, -0.2) is 13.6 Å². The van der Waals surface area contributed by atoms with E-state index in [0.29, 0.717) is 12.2 Å². The van der Waals surface area contributed by atoms with Crippen molar-refractivity contribution in [1.82, 2.24) is 0 Å². The third-order valence-corrected chi connectivity index (χ3v) is 6.96. The summed E-state index contributed by atoms with van der Waals surface area (Å²) in [5.41, 5.74) is 2.41. The first-order valence-corrected chi connectivity index (χ1v) is 12.4. The minimum atomic E-state index is -3.81. The number of para-hydroxylation sites is 2. The van der Waals surface area contributed by atoms with E-state index in [4.69, 9.17) is 9.88 Å². The molecule has 4 rings (SSSR count). The van der Waals surface area contributed by atoms with E-state index in [9.17, 15) is 18.0 Å². The average Bonchev–Trinajstić information content (AvgIpc) is 2.80. The molecule has 1 aliphatic heterocycles. The van der Waals surface area contributed by atoms with E-state index in [1.807, 2.05) is 48.5 Å². The van der Waals surface area contributed by atoms with Gasteiger partial charge in [0.1, 0.15) is 0 Å². The van der Waals surface area contributed by atoms with Crippen molar-refractivity contribution in [3.8, 4) is 0 Å². The fourth-order valence-electron chi connectivity index (χ4n) is 3.37. The van der Waals surface area contributed by atoms with Crippen LogP contribution in [0.3, 0.4) is 0 Å². The van der Waals surface area contributed by atoms with Crippen LogP contribution in [0.5, 0.6) is 0 Å². The molecule has 1 aliphatic rings. The maximum atomic E-state index is 12.3. The Morgan fingerprint density at radius 3 is 2.06 bits per heavy atom. The number of ether oxygens (including phenoxy) is 1. The van der Waals surface area contributed by atoms with Crippen LogP contribution in [0, 0.1) is 0 Å². The maximum Gasteiger partial charge on any atom is 0.308 e. The van der Waals surface area contributed by atoms with Gasteiger partial charge in [-0.05, 0) is 48.5 Å². The van der Waals surface area contributed by atoms with E-state index in [0.717, 1.165) is 21.2 Å². The molecule has 0 saturated heterocycles. The van der Waals surface area contributed by atoms with Gasteiger partial charge in [-0.3, -0.25) is 9.59 Å². The number of nitrogens with one attached hydrogen (secondary N) is 1. The lowest BCUT2D eigenvalue weighted by atomic mass is 10.2. The molecule has 0 unspecified atom stereocenters. The van der Waals surface area contributed by atoms with Crippen molar-refractivity contribution in [2.24, 2.45) is 5.14 Å². The Bertz CT molecular complexity index is 1250. The summed E-state index contributed by atoms with van der Waals surface area (Å²) in [4.78, 5) is 28.6. The number of rotatable bonds is 7. The van der Waals surface area contributed by atoms with Gasteiger partial charge in [0.15, 0.2) is 6.61 Å². The highest BCUT2D eigenvalue weighted by Crippen LogP contribution is 2.47. The number of fused-ring (bicyclic) bond motifs is 2. The number of hydrogen-bond donors (Lipinski definition) is 2. The van der Waals surface area contributed by atoms with Gasteiger partial charge < -0.3 is 15.0 Å². The number of sulfonamides is 1. The summed E-state index contributed by atoms with van der Waals surface area (Å²) in [6, 6.07) is 21.4. The van der Waals surface area contributed by atoms with Gasteiger partial charge in [0, 0.05) is 22.0 Å². The van der Waals surface area contributed by atoms with E-state index < -0.39 is 28.5 Å². The standard InChI is InChI=1S/C23H21N3O5S2/c24-33(29,30)17-11-9-16(10-12-17)25-22(27)15-31-23(28)13-14-26-18-5-1-3-7-20(18)32-21-8-4-2-6-19(21)26/h1-12H,13-15H2,(H,25,27)(H2,24,29,30). The summed E-state index contributed by atoms with van der Waals surface area (Å²) in [5, 5.41) is 7.59. The monoisotopic (exact) mass is 483 g/mol. The Hall–Kier alpha value is -3.34. The molecule has 0 aliphatic carbocycles. The summed E-state index contributed by atoms with van der Waals surface area (Å²) in [7, 11) is -3.81. The summed E-state index contributed by atoms with van der Waals surface area (Å²) in [6.45, 7) is -0.0388. The van der Waals surface area contributed by atoms with Crippen molar-refractivity contribution < 1.29 is 22.7 Å². The number of carbonyl (C=O) groups is 2. The number of anilines is 3. The largest absolute Gasteiger partial charge is 0.456 e. The van der Waals surface area contributed by atoms with E-state index in [2.05, 4.69) is 10.2 Å². The number of benzene rings is 3. The molecular weight excluding hydrogens is 462 g/mol. The third-order valence-electron chi connectivity index (χ3n) is 4.90. The van der Waals surface area contributed by atoms with Gasteiger partial charge in [0.05, 0.1) is 22.7 Å². The highest BCUT2D eigenvalue weighted by molar-refractivity contribution is 7.99. The number of carbonyl (C=O) groups excluding carboxylic acids is 2. The Labute approximate surface area is 195 Å². The molecule has 10 heteroatoms. The van der Waals surface area contributed by atoms with E-state index in [-0.39, 0.29) is 11.3 Å². The Morgan fingerprint density at radius 2 is 1.48 bits per heavy atom. The molecule has 0 bridgehead atoms. The molecule has 0 aromatic heterocycles. The van der Waals surface area contributed by atoms with Crippen molar-refractivity contribution in [2.45, 2.75) is 21.1 Å². The fourth-order valence-corrected chi connectivity index (χ4v) is 4.98. The van der Waals surface area contributed by atoms with Crippen LogP contribution in [0.2, 0.25) is 0 Å². The van der Waals surface area contributed by atoms with Gasteiger partial charge in [-0.15, -0.1) is 0 Å². The highest BCUT2D eigenvalue weighted by Gasteiger charge is 2.23. The zero-order valence-electron chi connectivity index (χ0n) is 17.4. The van der Waals surface area contributed by atoms with Crippen molar-refractivity contribution in [3.63, 3.8) is 0 Å². The Balaban J connectivity index is 1.32. The summed E-state index contributed by atoms with van der Waals surface area (Å²) in [5.74, 6) is -1.03. The van der Waals surface area contributed by atoms with Crippen LogP contribution in [0.25, 0.3) is 0 Å². The first-order valence-electron chi connectivity index (χ1n) is 10.0. The second kappa shape index (κ2) is 9.65. The molecule has 1 heterocycles. The SMILES string of the molecule is NS(=O)(=O)c1ccc(NC(=O)COC(=O)CCN2c3ccccc3Sc3ccccc32)cc1. The second-order valence-electron chi connectivity index (χ2n) is 7.22. The lowest BCUT2D eigenvalue weighted by molar-refractivity contribution is -0.147. The van der Waals surface area contributed by atoms with Crippen LogP contribution in [0.1, 0.15) is 6.42 Å². The summed E-state index contributed by atoms with van der Waals surface area (Å²) in [6.07, 6.45) is 0.101. The van der Waals surface area contributed by atoms with Gasteiger partial charge in [-0.2, -0.15) is 0 Å². The Morgan fingerprint density at radius 1 is 0.909 bits per heavy atom. The van der Waals surface area contributed by atoms with Gasteiger partial charge in [0.25, 0.3) is 5.91 Å². The molecule has 1 amide bonds. The predicted octanol–water partition coefficient (Wildman–Crippen LogP) is 3.51. The lowest BCUT2D eigenvalue weighted by Gasteiger charge is -2.32. The molecule has 170 valence electrons. The van der Waals surface area contributed by atoms with Gasteiger partial charge in [0.2, 0.25) is 10.0 Å². The number of amides is 1. The number of nitrogens with zero attached hydrogens (tertiary/aromatic N) is 1. The number of nitrogens with two attached hydrogens (primary N) is 1. The summed E-state index contributed by atoms with van der Waals surface area (Å²) < 4.78 is 27.7. The van der Waals surface area contributed by atoms with Gasteiger partial charge in [-0.1, -0.05) is 36.0 Å². The van der Waals surface area contributed by atoms with Crippen LogP contribution in [0.4, 0.5) is 17.1 Å². The smallest absolute Gasteiger partial charge is 0.308 e. The van der Waals surface area contributed by atoms with Crippen LogP contribution in [0.15, 0.2) is 87.5 Å². The molecule has 0 spiro atoms. The molecular formula is C23H21N3O5S2. The molecule has 33 heavy (non-hydrogen) atoms. The molecule has 3 aromatic rings. The summed E-state index contributed by atoms with van der Waals surface area (Å²) >= 11 is 1.69. The minimum absolute atomic E-state index is 0.0637. The van der Waals surface area contributed by atoms with E-state index >= 15 is 0 Å². The van der Waals surface area contributed by atoms with Crippen LogP contribution in [-0.4, -0.2) is 33.4 Å². The topological polar surface area (TPSA) is 119 Å². The average molecular weight is 484 g/mol. The second-order valence-corrected chi connectivity index (χ2v) is 9.86. The maximum absolute atomic E-state index is 12.3. The van der Waals surface area contributed by atoms with Crippen molar-refractivity contribution in [3.05, 3.63) is 72.8 Å². The van der Waals surface area contributed by atoms with Gasteiger partial charge >= 0.3 is 5.97 Å². The van der Waals surface area contributed by atoms with E-state index in [1.54, 1.807) is 11.8 Å². The van der Waals surface area contributed by atoms with Crippen molar-refractivity contribution in [2.75, 3.05) is 23.4 Å². The lowest BCUT2D eigenvalue weighted by Crippen LogP contribution is -2.26. The normalized spacial score (nSPS) is 12.5. The zero-order chi connectivity index (χ0) is 23.4. The number of hydrogen-bond acceptors (Lipinski definition) is 7. The van der Waals surface area contributed by atoms with Crippen molar-refractivity contribution in [1.29, 1.82) is 0 Å². The molecule has 0 atom stereocenters. The fraction of sp³-hybridized carbons (Fsp3) is 0.130. The molecule has 0 saturated carbocycles. The zero-order valence-corrected chi connectivity index (χ0v) is 19.1. The molecule has 3 aromatic carbocycles. The first kappa shape index (κ1) is 22.8. The highest BCUT2D eigenvalue weighted by atomic mass is 32.2. The van der Waals surface area contributed by atoms with E-state index in [1.165, 1.54) is 24.3 Å². The molecule has 0 radical (unpaired) electrons. The predicted molar refractivity (Wildman–Crippen MR) is 126 cm³/mol. The minimum Gasteiger partial charge on any atom is -0.456 e. The molecule has 0 fully saturated rings. The van der Waals surface area contributed by atoms with Crippen molar-refractivity contribution >= 4 is 50.7 Å². The molecule has 8 nitrogen and oxygen atoms in total. The molecule has 3 N–H and O–H groups in total. The third kappa shape index (κ3) is 5.54. The van der Waals surface area contributed by atoms with Crippen LogP contribution in [-0.2, 0) is 24.3 Å².